The van der Waals surface area contributed by atoms with E-state index in [-0.39, 0.29) is 17.9 Å². The maximum atomic E-state index is 12.3. The van der Waals surface area contributed by atoms with Crippen molar-refractivity contribution in [2.24, 2.45) is 11.7 Å². The summed E-state index contributed by atoms with van der Waals surface area (Å²) in [6.07, 6.45) is 2.94. The third-order valence-corrected chi connectivity index (χ3v) is 4.04. The Morgan fingerprint density at radius 1 is 1.40 bits per heavy atom. The van der Waals surface area contributed by atoms with Gasteiger partial charge in [0.25, 0.3) is 0 Å². The molecule has 0 saturated heterocycles. The monoisotopic (exact) mass is 276 g/mol. The summed E-state index contributed by atoms with van der Waals surface area (Å²) in [6.45, 7) is 3.12. The molecule has 4 nitrogen and oxygen atoms in total. The summed E-state index contributed by atoms with van der Waals surface area (Å²) in [6, 6.07) is 7.93. The molecule has 1 aliphatic rings. The van der Waals surface area contributed by atoms with E-state index in [0.29, 0.717) is 13.2 Å². The number of benzene rings is 1. The van der Waals surface area contributed by atoms with Crippen LogP contribution in [0.3, 0.4) is 0 Å². The number of nitrogens with two attached hydrogens (primary N) is 1. The van der Waals surface area contributed by atoms with Gasteiger partial charge in [0.2, 0.25) is 5.91 Å². The highest BCUT2D eigenvalue weighted by atomic mass is 16.5. The van der Waals surface area contributed by atoms with Crippen LogP contribution in [0.4, 0.5) is 0 Å². The van der Waals surface area contributed by atoms with Crippen LogP contribution in [0, 0.1) is 12.8 Å². The highest BCUT2D eigenvalue weighted by Crippen LogP contribution is 2.25. The van der Waals surface area contributed by atoms with Gasteiger partial charge in [-0.05, 0) is 31.4 Å². The lowest BCUT2D eigenvalue weighted by molar-refractivity contribution is -0.134. The number of carbonyl (C=O) groups excluding carboxylic acids is 1. The third-order valence-electron chi connectivity index (χ3n) is 4.04. The van der Waals surface area contributed by atoms with Gasteiger partial charge in [-0.1, -0.05) is 24.6 Å². The van der Waals surface area contributed by atoms with Gasteiger partial charge in [0.1, 0.15) is 12.4 Å². The van der Waals surface area contributed by atoms with Gasteiger partial charge >= 0.3 is 0 Å². The topological polar surface area (TPSA) is 55.6 Å². The maximum absolute atomic E-state index is 12.3. The molecular formula is C16H24N2O2. The van der Waals surface area contributed by atoms with Crippen molar-refractivity contribution in [3.8, 4) is 5.75 Å². The molecule has 0 spiro atoms. The minimum Gasteiger partial charge on any atom is -0.491 e. The van der Waals surface area contributed by atoms with Gasteiger partial charge in [0, 0.05) is 13.1 Å². The minimum absolute atomic E-state index is 0.00142. The van der Waals surface area contributed by atoms with Crippen LogP contribution >= 0.6 is 0 Å². The second kappa shape index (κ2) is 6.75. The number of para-hydroxylation sites is 1. The number of hydrogen-bond acceptors (Lipinski definition) is 3. The summed E-state index contributed by atoms with van der Waals surface area (Å²) >= 11 is 0. The second-order valence-electron chi connectivity index (χ2n) is 5.58. The van der Waals surface area contributed by atoms with Gasteiger partial charge in [0.15, 0.2) is 0 Å². The smallest absolute Gasteiger partial charge is 0.227 e. The number of nitrogens with zero attached hydrogens (tertiary/aromatic N) is 1. The first-order valence-corrected chi connectivity index (χ1v) is 7.28. The zero-order valence-electron chi connectivity index (χ0n) is 12.3. The lowest BCUT2D eigenvalue weighted by atomic mass is 10.0. The van der Waals surface area contributed by atoms with Crippen molar-refractivity contribution in [3.63, 3.8) is 0 Å². The van der Waals surface area contributed by atoms with Crippen molar-refractivity contribution in [2.45, 2.75) is 32.2 Å². The molecule has 110 valence electrons. The van der Waals surface area contributed by atoms with Crippen LogP contribution in [0.5, 0.6) is 5.75 Å². The van der Waals surface area contributed by atoms with Gasteiger partial charge in [-0.15, -0.1) is 0 Å². The zero-order valence-corrected chi connectivity index (χ0v) is 12.3. The summed E-state index contributed by atoms with van der Waals surface area (Å²) < 4.78 is 5.72. The molecule has 1 aromatic carbocycles. The normalized spacial score (nSPS) is 21.8. The number of ether oxygens (including phenoxy) is 1. The predicted octanol–water partition coefficient (Wildman–Crippen LogP) is 1.96. The maximum Gasteiger partial charge on any atom is 0.227 e. The average molecular weight is 276 g/mol. The number of aryl methyl sites for hydroxylation is 1. The molecule has 2 N–H and O–H groups in total. The Balaban J connectivity index is 1.79. The molecule has 1 saturated carbocycles. The minimum atomic E-state index is -0.00142. The fraction of sp³-hybridized carbons (Fsp3) is 0.562. The quantitative estimate of drug-likeness (QED) is 0.894. The summed E-state index contributed by atoms with van der Waals surface area (Å²) in [4.78, 5) is 14.0. The van der Waals surface area contributed by atoms with Crippen LogP contribution in [0.25, 0.3) is 0 Å². The van der Waals surface area contributed by atoms with Gasteiger partial charge in [-0.25, -0.2) is 0 Å². The standard InChI is InChI=1S/C16H24N2O2/c1-12-6-3-4-9-15(12)20-11-10-18(2)16(19)13-7-5-8-14(13)17/h3-4,6,9,13-14H,5,7-8,10-11,17H2,1-2H3/t13-,14+/m1/s1. The first-order chi connectivity index (χ1) is 9.59. The third kappa shape index (κ3) is 3.51. The number of likely N-dealkylation sites (N-methyl/N-ethyl adjacent to an activating group) is 1. The molecule has 20 heavy (non-hydrogen) atoms. The fourth-order valence-corrected chi connectivity index (χ4v) is 2.70. The van der Waals surface area contributed by atoms with Crippen LogP contribution in [0.15, 0.2) is 24.3 Å². The van der Waals surface area contributed by atoms with Gasteiger partial charge in [-0.2, -0.15) is 0 Å². The highest BCUT2D eigenvalue weighted by Gasteiger charge is 2.31. The van der Waals surface area contributed by atoms with Crippen molar-refractivity contribution in [2.75, 3.05) is 20.2 Å². The Morgan fingerprint density at radius 3 is 2.80 bits per heavy atom. The molecule has 0 heterocycles. The van der Waals surface area contributed by atoms with E-state index >= 15 is 0 Å². The van der Waals surface area contributed by atoms with E-state index in [9.17, 15) is 4.79 Å². The molecule has 0 aromatic heterocycles. The zero-order chi connectivity index (χ0) is 14.5. The molecule has 1 aromatic rings. The van der Waals surface area contributed by atoms with E-state index in [4.69, 9.17) is 10.5 Å². The average Bonchev–Trinajstić information content (AvgIpc) is 2.86. The van der Waals surface area contributed by atoms with Crippen LogP contribution in [0.2, 0.25) is 0 Å². The Morgan fingerprint density at radius 2 is 2.15 bits per heavy atom. The van der Waals surface area contributed by atoms with Crippen LogP contribution in [-0.4, -0.2) is 37.0 Å². The van der Waals surface area contributed by atoms with Gasteiger partial charge in [0.05, 0.1) is 12.5 Å². The number of rotatable bonds is 5. The van der Waals surface area contributed by atoms with Gasteiger partial charge in [-0.3, -0.25) is 4.79 Å². The van der Waals surface area contributed by atoms with E-state index in [1.165, 1.54) is 0 Å². The van der Waals surface area contributed by atoms with E-state index in [2.05, 4.69) is 0 Å². The van der Waals surface area contributed by atoms with Crippen LogP contribution < -0.4 is 10.5 Å². The highest BCUT2D eigenvalue weighted by molar-refractivity contribution is 5.79. The lowest BCUT2D eigenvalue weighted by Crippen LogP contribution is -2.41. The molecule has 1 fully saturated rings. The summed E-state index contributed by atoms with van der Waals surface area (Å²) in [7, 11) is 1.83. The summed E-state index contributed by atoms with van der Waals surface area (Å²) in [5, 5.41) is 0. The molecule has 4 heteroatoms. The van der Waals surface area contributed by atoms with Crippen molar-refractivity contribution in [1.82, 2.24) is 4.90 Å². The van der Waals surface area contributed by atoms with Crippen molar-refractivity contribution < 1.29 is 9.53 Å². The Bertz CT molecular complexity index is 462. The SMILES string of the molecule is Cc1ccccc1OCCN(C)C(=O)[C@@H]1CCC[C@@H]1N. The van der Waals surface area contributed by atoms with E-state index in [1.807, 2.05) is 38.2 Å². The number of amides is 1. The summed E-state index contributed by atoms with van der Waals surface area (Å²) in [5.41, 5.74) is 7.09. The van der Waals surface area contributed by atoms with Gasteiger partial charge < -0.3 is 15.4 Å². The first-order valence-electron chi connectivity index (χ1n) is 7.28. The molecule has 1 amide bonds. The van der Waals surface area contributed by atoms with Crippen LogP contribution in [-0.2, 0) is 4.79 Å². The van der Waals surface area contributed by atoms with E-state index < -0.39 is 0 Å². The molecule has 0 radical (unpaired) electrons. The number of hydrogen-bond donors (Lipinski definition) is 1. The Hall–Kier alpha value is -1.55. The summed E-state index contributed by atoms with van der Waals surface area (Å²) in [5.74, 6) is 1.03. The van der Waals surface area contributed by atoms with E-state index in [1.54, 1.807) is 4.90 Å². The molecule has 0 aliphatic heterocycles. The first kappa shape index (κ1) is 14.9. The lowest BCUT2D eigenvalue weighted by Gasteiger charge is -2.23. The molecule has 2 atom stereocenters. The Kier molecular flexibility index (Phi) is 5.01. The predicted molar refractivity (Wildman–Crippen MR) is 79.6 cm³/mol. The van der Waals surface area contributed by atoms with Crippen molar-refractivity contribution in [3.05, 3.63) is 29.8 Å². The Labute approximate surface area is 120 Å². The van der Waals surface area contributed by atoms with E-state index in [0.717, 1.165) is 30.6 Å². The van der Waals surface area contributed by atoms with Crippen LogP contribution in [0.1, 0.15) is 24.8 Å². The second-order valence-corrected chi connectivity index (χ2v) is 5.58. The largest absolute Gasteiger partial charge is 0.491 e. The molecule has 0 bridgehead atoms. The van der Waals surface area contributed by atoms with Crippen molar-refractivity contribution >= 4 is 5.91 Å². The molecule has 1 aliphatic carbocycles. The molecular weight excluding hydrogens is 252 g/mol. The number of carbonyl (C=O) groups is 1. The molecule has 2 rings (SSSR count). The molecule has 0 unspecified atom stereocenters. The fourth-order valence-electron chi connectivity index (χ4n) is 2.70. The van der Waals surface area contributed by atoms with Crippen molar-refractivity contribution in [1.29, 1.82) is 0 Å².